The molecule has 29 heavy (non-hydrogen) atoms. The van der Waals surface area contributed by atoms with Crippen molar-refractivity contribution < 1.29 is 14.4 Å². The third-order valence-electron chi connectivity index (χ3n) is 6.43. The number of rotatable bonds is 3. The average Bonchev–Trinajstić information content (AvgIpc) is 3.23. The molecule has 3 heterocycles. The number of hydrogen-bond acceptors (Lipinski definition) is 4. The molecule has 0 spiro atoms. The van der Waals surface area contributed by atoms with Gasteiger partial charge >= 0.3 is 0 Å². The number of piperazine rings is 1. The molecular weight excluding hydrogens is 386 g/mol. The maximum absolute atomic E-state index is 13.1. The van der Waals surface area contributed by atoms with Crippen LogP contribution >= 0.6 is 11.8 Å². The van der Waals surface area contributed by atoms with Crippen molar-refractivity contribution in [1.82, 2.24) is 14.7 Å². The molecule has 6 nitrogen and oxygen atoms in total. The van der Waals surface area contributed by atoms with E-state index in [1.54, 1.807) is 11.8 Å². The van der Waals surface area contributed by atoms with Crippen LogP contribution in [-0.2, 0) is 9.59 Å². The highest BCUT2D eigenvalue weighted by Gasteiger charge is 2.53. The Morgan fingerprint density at radius 1 is 1.07 bits per heavy atom. The van der Waals surface area contributed by atoms with E-state index in [4.69, 9.17) is 0 Å². The number of nitrogens with zero attached hydrogens (tertiary/aromatic N) is 3. The average molecular weight is 416 g/mol. The van der Waals surface area contributed by atoms with E-state index in [0.29, 0.717) is 49.8 Å². The number of benzene rings is 1. The molecule has 1 aromatic carbocycles. The van der Waals surface area contributed by atoms with Gasteiger partial charge in [-0.05, 0) is 37.0 Å². The number of amides is 3. The van der Waals surface area contributed by atoms with Gasteiger partial charge in [-0.3, -0.25) is 14.4 Å². The van der Waals surface area contributed by atoms with Gasteiger partial charge in [0.05, 0.1) is 4.87 Å². The summed E-state index contributed by atoms with van der Waals surface area (Å²) in [6.45, 7) is 8.44. The van der Waals surface area contributed by atoms with Crippen molar-refractivity contribution in [2.75, 3.05) is 31.9 Å². The van der Waals surface area contributed by atoms with Crippen LogP contribution in [0.3, 0.4) is 0 Å². The number of carbonyl (C=O) groups excluding carboxylic acids is 3. The van der Waals surface area contributed by atoms with E-state index in [0.717, 1.165) is 6.42 Å². The Hall–Kier alpha value is -2.02. The third kappa shape index (κ3) is 3.65. The fraction of sp³-hybridized carbons (Fsp3) is 0.591. The molecular formula is C22H29N3O3S. The van der Waals surface area contributed by atoms with E-state index < -0.39 is 0 Å². The van der Waals surface area contributed by atoms with E-state index >= 15 is 0 Å². The number of thioether (sulfide) groups is 1. The summed E-state index contributed by atoms with van der Waals surface area (Å²) in [5.41, 5.74) is 1.91. The highest BCUT2D eigenvalue weighted by molar-refractivity contribution is 8.01. The minimum absolute atomic E-state index is 0.0196. The molecule has 3 aliphatic heterocycles. The molecule has 4 rings (SSSR count). The van der Waals surface area contributed by atoms with Gasteiger partial charge in [0.2, 0.25) is 11.8 Å². The van der Waals surface area contributed by atoms with Gasteiger partial charge in [0.15, 0.2) is 0 Å². The Labute approximate surface area is 176 Å². The summed E-state index contributed by atoms with van der Waals surface area (Å²) in [6, 6.07) is 7.46. The number of fused-ring (bicyclic) bond motifs is 1. The van der Waals surface area contributed by atoms with Crippen molar-refractivity contribution in [3.05, 3.63) is 35.4 Å². The summed E-state index contributed by atoms with van der Waals surface area (Å²) in [5.74, 6) is 1.25. The van der Waals surface area contributed by atoms with E-state index in [-0.39, 0.29) is 28.6 Å². The van der Waals surface area contributed by atoms with Crippen LogP contribution in [0.15, 0.2) is 24.3 Å². The van der Waals surface area contributed by atoms with Crippen molar-refractivity contribution in [3.63, 3.8) is 0 Å². The van der Waals surface area contributed by atoms with E-state index in [9.17, 15) is 14.4 Å². The lowest BCUT2D eigenvalue weighted by atomic mass is 10.0. The lowest BCUT2D eigenvalue weighted by Gasteiger charge is -2.38. The molecule has 0 saturated carbocycles. The normalized spacial score (nSPS) is 27.0. The number of hydrogen-bond donors (Lipinski definition) is 0. The van der Waals surface area contributed by atoms with Gasteiger partial charge in [0.1, 0.15) is 6.04 Å². The second kappa shape index (κ2) is 7.67. The zero-order valence-corrected chi connectivity index (χ0v) is 18.2. The minimum Gasteiger partial charge on any atom is -0.337 e. The monoisotopic (exact) mass is 415 g/mol. The van der Waals surface area contributed by atoms with E-state index in [1.807, 2.05) is 39.0 Å². The summed E-state index contributed by atoms with van der Waals surface area (Å²) in [7, 11) is 0. The molecule has 3 aliphatic rings. The highest BCUT2D eigenvalue weighted by atomic mass is 32.2. The molecule has 0 radical (unpaired) electrons. The maximum Gasteiger partial charge on any atom is 0.253 e. The van der Waals surface area contributed by atoms with E-state index in [2.05, 4.69) is 20.8 Å². The maximum atomic E-state index is 13.1. The zero-order chi connectivity index (χ0) is 20.8. The van der Waals surface area contributed by atoms with Crippen molar-refractivity contribution in [1.29, 1.82) is 0 Å². The van der Waals surface area contributed by atoms with E-state index in [1.165, 1.54) is 5.56 Å². The van der Waals surface area contributed by atoms with Crippen LogP contribution < -0.4 is 0 Å². The van der Waals surface area contributed by atoms with Crippen LogP contribution in [0.1, 0.15) is 55.5 Å². The van der Waals surface area contributed by atoms with Crippen molar-refractivity contribution in [3.8, 4) is 0 Å². The van der Waals surface area contributed by atoms with Gasteiger partial charge in [-0.1, -0.05) is 26.0 Å². The van der Waals surface area contributed by atoms with Crippen molar-refractivity contribution in [2.24, 2.45) is 0 Å². The quantitative estimate of drug-likeness (QED) is 0.761. The van der Waals surface area contributed by atoms with Crippen molar-refractivity contribution >= 4 is 29.5 Å². The summed E-state index contributed by atoms with van der Waals surface area (Å²) in [6.07, 6.45) is 1.35. The third-order valence-corrected chi connectivity index (χ3v) is 7.94. The first kappa shape index (κ1) is 20.3. The van der Waals surface area contributed by atoms with Crippen LogP contribution in [0.25, 0.3) is 0 Å². The van der Waals surface area contributed by atoms with Gasteiger partial charge in [0, 0.05) is 43.9 Å². The predicted octanol–water partition coefficient (Wildman–Crippen LogP) is 2.55. The Balaban J connectivity index is 1.36. The minimum atomic E-state index is -0.356. The predicted molar refractivity (Wildman–Crippen MR) is 114 cm³/mol. The van der Waals surface area contributed by atoms with Gasteiger partial charge in [-0.15, -0.1) is 11.8 Å². The topological polar surface area (TPSA) is 60.9 Å². The molecule has 0 aliphatic carbocycles. The van der Waals surface area contributed by atoms with Gasteiger partial charge in [0.25, 0.3) is 5.91 Å². The first-order chi connectivity index (χ1) is 13.8. The molecule has 3 amide bonds. The SMILES string of the molecule is CC(C)c1ccc(C(=O)N2CCN(C(=O)[C@@H]3CS[C@@]4(C)CCC(=O)N34)CC2)cc1. The second-order valence-corrected chi connectivity index (χ2v) is 10.2. The molecule has 3 saturated heterocycles. The zero-order valence-electron chi connectivity index (χ0n) is 17.4. The van der Waals surface area contributed by atoms with Crippen LogP contribution in [0.5, 0.6) is 0 Å². The fourth-order valence-electron chi connectivity index (χ4n) is 4.54. The largest absolute Gasteiger partial charge is 0.337 e. The Morgan fingerprint density at radius 2 is 1.69 bits per heavy atom. The molecule has 0 bridgehead atoms. The van der Waals surface area contributed by atoms with Crippen LogP contribution in [0.4, 0.5) is 0 Å². The van der Waals surface area contributed by atoms with Gasteiger partial charge in [-0.2, -0.15) is 0 Å². The smallest absolute Gasteiger partial charge is 0.253 e. The summed E-state index contributed by atoms with van der Waals surface area (Å²) in [5, 5.41) is 0. The Kier molecular flexibility index (Phi) is 5.36. The van der Waals surface area contributed by atoms with Crippen LogP contribution in [-0.4, -0.2) is 75.3 Å². The molecule has 3 fully saturated rings. The standard InChI is InChI=1S/C22H29N3O3S/c1-15(2)16-4-6-17(7-5-16)20(27)23-10-12-24(13-11-23)21(28)18-14-29-22(3)9-8-19(26)25(18)22/h4-7,15,18H,8-14H2,1-3H3/t18-,22-/m0/s1. The first-order valence-corrected chi connectivity index (χ1v) is 11.4. The fourth-order valence-corrected chi connectivity index (χ4v) is 5.96. The van der Waals surface area contributed by atoms with Gasteiger partial charge in [-0.25, -0.2) is 0 Å². The van der Waals surface area contributed by atoms with Crippen LogP contribution in [0.2, 0.25) is 0 Å². The number of carbonyl (C=O) groups is 3. The van der Waals surface area contributed by atoms with Gasteiger partial charge < -0.3 is 14.7 Å². The molecule has 7 heteroatoms. The summed E-state index contributed by atoms with van der Waals surface area (Å²) >= 11 is 1.72. The molecule has 2 atom stereocenters. The lowest BCUT2D eigenvalue weighted by molar-refractivity contribution is -0.144. The molecule has 0 unspecified atom stereocenters. The summed E-state index contributed by atoms with van der Waals surface area (Å²) in [4.78, 5) is 43.5. The lowest BCUT2D eigenvalue weighted by Crippen LogP contribution is -2.56. The first-order valence-electron chi connectivity index (χ1n) is 10.4. The van der Waals surface area contributed by atoms with Crippen LogP contribution in [0, 0.1) is 0 Å². The molecule has 0 N–H and O–H groups in total. The molecule has 0 aromatic heterocycles. The Bertz CT molecular complexity index is 817. The Morgan fingerprint density at radius 3 is 2.31 bits per heavy atom. The van der Waals surface area contributed by atoms with Crippen molar-refractivity contribution in [2.45, 2.75) is 50.4 Å². The molecule has 156 valence electrons. The second-order valence-electron chi connectivity index (χ2n) is 8.66. The molecule has 1 aromatic rings. The summed E-state index contributed by atoms with van der Waals surface area (Å²) < 4.78 is 0. The highest BCUT2D eigenvalue weighted by Crippen LogP contribution is 2.47.